The Morgan fingerprint density at radius 2 is 2.30 bits per heavy atom. The Labute approximate surface area is 60.4 Å². The largest absolute Gasteiger partial charge is 0.321 e. The lowest BCUT2D eigenvalue weighted by atomic mass is 10.1. The number of nitrogens with two attached hydrogens (primary N) is 1. The van der Waals surface area contributed by atoms with Crippen LogP contribution >= 0.6 is 0 Å². The molecule has 1 nitrogen and oxygen atoms in total. The standard InChI is InChI=1S/C8H12FN/c1-6-4-7(9)2-3-8(10)5-6/h2-3,5,7-8H,4,10H2,1H3. The van der Waals surface area contributed by atoms with Crippen LogP contribution in [0.3, 0.4) is 0 Å². The van der Waals surface area contributed by atoms with Crippen molar-refractivity contribution < 1.29 is 4.39 Å². The molecule has 2 heteroatoms. The average molecular weight is 141 g/mol. The molecular weight excluding hydrogens is 129 g/mol. The van der Waals surface area contributed by atoms with E-state index in [1.165, 1.54) is 6.08 Å². The van der Waals surface area contributed by atoms with Gasteiger partial charge in [-0.05, 0) is 6.92 Å². The van der Waals surface area contributed by atoms with Gasteiger partial charge in [0.25, 0.3) is 0 Å². The van der Waals surface area contributed by atoms with Crippen LogP contribution < -0.4 is 5.73 Å². The molecule has 0 saturated heterocycles. The van der Waals surface area contributed by atoms with Crippen molar-refractivity contribution in [2.75, 3.05) is 0 Å². The van der Waals surface area contributed by atoms with E-state index in [1.807, 2.05) is 13.0 Å². The van der Waals surface area contributed by atoms with Gasteiger partial charge in [-0.25, -0.2) is 4.39 Å². The maximum atomic E-state index is 12.7. The van der Waals surface area contributed by atoms with Crippen molar-refractivity contribution in [1.29, 1.82) is 0 Å². The van der Waals surface area contributed by atoms with Gasteiger partial charge in [0, 0.05) is 12.5 Å². The quantitative estimate of drug-likeness (QED) is 0.509. The first kappa shape index (κ1) is 7.48. The van der Waals surface area contributed by atoms with Gasteiger partial charge in [-0.1, -0.05) is 23.8 Å². The third-order valence-corrected chi connectivity index (χ3v) is 1.54. The fraction of sp³-hybridized carbons (Fsp3) is 0.500. The number of hydrogen-bond donors (Lipinski definition) is 1. The van der Waals surface area contributed by atoms with Gasteiger partial charge in [-0.2, -0.15) is 0 Å². The zero-order valence-electron chi connectivity index (χ0n) is 6.05. The number of hydrogen-bond acceptors (Lipinski definition) is 1. The van der Waals surface area contributed by atoms with Gasteiger partial charge in [0.2, 0.25) is 0 Å². The fourth-order valence-corrected chi connectivity index (χ4v) is 1.08. The molecule has 1 aliphatic rings. The smallest absolute Gasteiger partial charge is 0.122 e. The normalized spacial score (nSPS) is 33.3. The van der Waals surface area contributed by atoms with Crippen molar-refractivity contribution in [3.05, 3.63) is 23.8 Å². The Morgan fingerprint density at radius 1 is 1.60 bits per heavy atom. The predicted molar refractivity (Wildman–Crippen MR) is 40.4 cm³/mol. The molecule has 10 heavy (non-hydrogen) atoms. The number of allylic oxidation sites excluding steroid dienone is 2. The molecule has 0 bridgehead atoms. The highest BCUT2D eigenvalue weighted by molar-refractivity contribution is 5.17. The highest BCUT2D eigenvalue weighted by Crippen LogP contribution is 2.13. The summed E-state index contributed by atoms with van der Waals surface area (Å²) >= 11 is 0. The highest BCUT2D eigenvalue weighted by Gasteiger charge is 2.07. The van der Waals surface area contributed by atoms with Crippen molar-refractivity contribution in [3.63, 3.8) is 0 Å². The number of alkyl halides is 1. The van der Waals surface area contributed by atoms with Crippen LogP contribution in [0.25, 0.3) is 0 Å². The summed E-state index contributed by atoms with van der Waals surface area (Å²) < 4.78 is 12.7. The highest BCUT2D eigenvalue weighted by atomic mass is 19.1. The van der Waals surface area contributed by atoms with Crippen LogP contribution in [0.15, 0.2) is 23.8 Å². The van der Waals surface area contributed by atoms with Crippen LogP contribution in [0.4, 0.5) is 4.39 Å². The molecule has 2 N–H and O–H groups in total. The van der Waals surface area contributed by atoms with Gasteiger partial charge < -0.3 is 5.73 Å². The molecule has 0 radical (unpaired) electrons. The molecule has 0 spiro atoms. The van der Waals surface area contributed by atoms with Crippen LogP contribution in [-0.4, -0.2) is 12.2 Å². The molecule has 2 unspecified atom stereocenters. The van der Waals surface area contributed by atoms with E-state index < -0.39 is 6.17 Å². The van der Waals surface area contributed by atoms with E-state index in [0.717, 1.165) is 5.57 Å². The third kappa shape index (κ3) is 1.95. The Hall–Kier alpha value is -0.630. The summed E-state index contributed by atoms with van der Waals surface area (Å²) in [7, 11) is 0. The zero-order chi connectivity index (χ0) is 7.56. The lowest BCUT2D eigenvalue weighted by molar-refractivity contribution is 0.398. The number of halogens is 1. The maximum absolute atomic E-state index is 12.7. The minimum atomic E-state index is -0.843. The summed E-state index contributed by atoms with van der Waals surface area (Å²) in [5.74, 6) is 0. The van der Waals surface area contributed by atoms with Crippen LogP contribution in [-0.2, 0) is 0 Å². The van der Waals surface area contributed by atoms with Crippen molar-refractivity contribution in [3.8, 4) is 0 Å². The predicted octanol–water partition coefficient (Wildman–Crippen LogP) is 1.56. The summed E-state index contributed by atoms with van der Waals surface area (Å²) in [4.78, 5) is 0. The summed E-state index contributed by atoms with van der Waals surface area (Å²) in [5.41, 5.74) is 6.59. The Bertz CT molecular complexity index is 172. The van der Waals surface area contributed by atoms with E-state index in [9.17, 15) is 4.39 Å². The molecule has 0 aromatic heterocycles. The second-order valence-electron chi connectivity index (χ2n) is 2.70. The molecule has 0 amide bonds. The Morgan fingerprint density at radius 3 is 3.00 bits per heavy atom. The second-order valence-corrected chi connectivity index (χ2v) is 2.70. The van der Waals surface area contributed by atoms with Gasteiger partial charge in [0.1, 0.15) is 6.17 Å². The van der Waals surface area contributed by atoms with E-state index in [-0.39, 0.29) is 6.04 Å². The molecule has 1 rings (SSSR count). The molecule has 0 heterocycles. The first-order valence-corrected chi connectivity index (χ1v) is 3.44. The summed E-state index contributed by atoms with van der Waals surface area (Å²) in [5, 5.41) is 0. The van der Waals surface area contributed by atoms with E-state index in [4.69, 9.17) is 5.73 Å². The zero-order valence-corrected chi connectivity index (χ0v) is 6.05. The molecule has 2 atom stereocenters. The topological polar surface area (TPSA) is 26.0 Å². The second kappa shape index (κ2) is 2.97. The number of rotatable bonds is 0. The van der Waals surface area contributed by atoms with E-state index in [0.29, 0.717) is 6.42 Å². The van der Waals surface area contributed by atoms with Crippen molar-refractivity contribution in [1.82, 2.24) is 0 Å². The maximum Gasteiger partial charge on any atom is 0.122 e. The van der Waals surface area contributed by atoms with Crippen LogP contribution in [0, 0.1) is 0 Å². The molecule has 0 aliphatic heterocycles. The molecule has 1 aliphatic carbocycles. The first-order chi connectivity index (χ1) is 4.68. The lowest BCUT2D eigenvalue weighted by Gasteiger charge is -1.99. The van der Waals surface area contributed by atoms with E-state index in [2.05, 4.69) is 0 Å². The summed E-state index contributed by atoms with van der Waals surface area (Å²) in [6.45, 7) is 1.90. The van der Waals surface area contributed by atoms with Gasteiger partial charge >= 0.3 is 0 Å². The van der Waals surface area contributed by atoms with Gasteiger partial charge in [-0.3, -0.25) is 0 Å². The lowest BCUT2D eigenvalue weighted by Crippen LogP contribution is -2.12. The van der Waals surface area contributed by atoms with Gasteiger partial charge in [0.05, 0.1) is 0 Å². The van der Waals surface area contributed by atoms with Gasteiger partial charge in [0.15, 0.2) is 0 Å². The molecule has 0 fully saturated rings. The molecule has 0 aromatic carbocycles. The van der Waals surface area contributed by atoms with Crippen molar-refractivity contribution in [2.45, 2.75) is 25.6 Å². The minimum Gasteiger partial charge on any atom is -0.321 e. The summed E-state index contributed by atoms with van der Waals surface area (Å²) in [6.07, 6.45) is 4.75. The molecule has 56 valence electrons. The van der Waals surface area contributed by atoms with Crippen molar-refractivity contribution in [2.24, 2.45) is 5.73 Å². The molecule has 0 aromatic rings. The fourth-order valence-electron chi connectivity index (χ4n) is 1.08. The molecule has 0 saturated carbocycles. The van der Waals surface area contributed by atoms with Crippen molar-refractivity contribution >= 4 is 0 Å². The third-order valence-electron chi connectivity index (χ3n) is 1.54. The monoisotopic (exact) mass is 141 g/mol. The Kier molecular flexibility index (Phi) is 2.22. The van der Waals surface area contributed by atoms with E-state index in [1.54, 1.807) is 6.08 Å². The van der Waals surface area contributed by atoms with Crippen LogP contribution in [0.2, 0.25) is 0 Å². The van der Waals surface area contributed by atoms with Crippen LogP contribution in [0.1, 0.15) is 13.3 Å². The van der Waals surface area contributed by atoms with Gasteiger partial charge in [-0.15, -0.1) is 0 Å². The minimum absolute atomic E-state index is 0.0965. The first-order valence-electron chi connectivity index (χ1n) is 3.44. The Balaban J connectivity index is 2.69. The SMILES string of the molecule is CC1=CC(N)C=CC(F)C1. The molecular formula is C8H12FN. The van der Waals surface area contributed by atoms with E-state index >= 15 is 0 Å². The van der Waals surface area contributed by atoms with Crippen LogP contribution in [0.5, 0.6) is 0 Å². The summed E-state index contributed by atoms with van der Waals surface area (Å²) in [6, 6.07) is -0.0965. The average Bonchev–Trinajstić information content (AvgIpc) is 1.93.